The summed E-state index contributed by atoms with van der Waals surface area (Å²) in [4.78, 5) is 0. The van der Waals surface area contributed by atoms with Crippen molar-refractivity contribution in [3.63, 3.8) is 0 Å². The second-order valence-corrected chi connectivity index (χ2v) is 7.72. The molecule has 0 amide bonds. The van der Waals surface area contributed by atoms with Crippen LogP contribution in [0.1, 0.15) is 11.1 Å². The summed E-state index contributed by atoms with van der Waals surface area (Å²) in [6, 6.07) is 17.9. The molecule has 2 N–H and O–H groups in total. The second-order valence-electron chi connectivity index (χ2n) is 6.72. The molecular formula is C20H20Cl2O6. The quantitative estimate of drug-likeness (QED) is 0.731. The summed E-state index contributed by atoms with van der Waals surface area (Å²) in [5.74, 6) is 0. The van der Waals surface area contributed by atoms with Crippen LogP contribution in [-0.4, -0.2) is 47.8 Å². The van der Waals surface area contributed by atoms with E-state index in [4.69, 9.17) is 42.1 Å². The Kier molecular flexibility index (Phi) is 5.66. The molecule has 2 aromatic carbocycles. The standard InChI is InChI=1S/C20H20Cl2O6/c21-19(13-7-3-1-4-8-13)26-12-16(27-19)17(24)18-15(23)11-25-20(22,28-18)14-9-5-2-6-10-14/h1-10,15-18,23-24H,11-12H2/t15-,16+,17+,18+,19?,20?/m0/s1. The maximum atomic E-state index is 10.8. The number of hydrogen-bond donors (Lipinski definition) is 2. The first-order valence-electron chi connectivity index (χ1n) is 8.90. The van der Waals surface area contributed by atoms with E-state index in [9.17, 15) is 10.2 Å². The average molecular weight is 427 g/mol. The Morgan fingerprint density at radius 2 is 1.32 bits per heavy atom. The number of alkyl halides is 2. The summed E-state index contributed by atoms with van der Waals surface area (Å²) in [5, 5.41) is 18.0. The van der Waals surface area contributed by atoms with E-state index >= 15 is 0 Å². The highest BCUT2D eigenvalue weighted by atomic mass is 35.5. The number of halogens is 2. The molecule has 2 saturated heterocycles. The molecule has 2 unspecified atom stereocenters. The van der Waals surface area contributed by atoms with E-state index in [2.05, 4.69) is 0 Å². The minimum Gasteiger partial charge on any atom is -0.388 e. The molecule has 2 heterocycles. The molecule has 6 nitrogen and oxygen atoms in total. The minimum absolute atomic E-state index is 0.0214. The molecule has 2 fully saturated rings. The zero-order valence-corrected chi connectivity index (χ0v) is 16.3. The summed E-state index contributed by atoms with van der Waals surface area (Å²) in [6.45, 7) is -0.0912. The lowest BCUT2D eigenvalue weighted by Crippen LogP contribution is -2.55. The summed E-state index contributed by atoms with van der Waals surface area (Å²) in [6.07, 6.45) is -4.23. The third kappa shape index (κ3) is 3.79. The molecule has 0 radical (unpaired) electrons. The molecule has 0 spiro atoms. The van der Waals surface area contributed by atoms with Gasteiger partial charge in [0.25, 0.3) is 10.5 Å². The van der Waals surface area contributed by atoms with Gasteiger partial charge in [0.2, 0.25) is 0 Å². The van der Waals surface area contributed by atoms with Gasteiger partial charge in [-0.1, -0.05) is 83.9 Å². The molecule has 6 atom stereocenters. The fourth-order valence-electron chi connectivity index (χ4n) is 3.28. The molecule has 0 aliphatic carbocycles. The Morgan fingerprint density at radius 3 is 1.89 bits per heavy atom. The Bertz CT molecular complexity index is 794. The molecule has 2 aliphatic heterocycles. The first kappa shape index (κ1) is 20.1. The van der Waals surface area contributed by atoms with Crippen molar-refractivity contribution in [3.05, 3.63) is 71.8 Å². The third-order valence-corrected chi connectivity index (χ3v) is 5.63. The van der Waals surface area contributed by atoms with Crippen LogP contribution in [0.25, 0.3) is 0 Å². The van der Waals surface area contributed by atoms with E-state index < -0.39 is 34.9 Å². The fraction of sp³-hybridized carbons (Fsp3) is 0.400. The number of hydrogen-bond acceptors (Lipinski definition) is 6. The van der Waals surface area contributed by atoms with E-state index in [1.54, 1.807) is 36.4 Å². The maximum Gasteiger partial charge on any atom is 0.276 e. The van der Waals surface area contributed by atoms with Crippen molar-refractivity contribution >= 4 is 23.2 Å². The number of rotatable bonds is 4. The molecule has 150 valence electrons. The van der Waals surface area contributed by atoms with Crippen LogP contribution < -0.4 is 0 Å². The van der Waals surface area contributed by atoms with Crippen molar-refractivity contribution in [1.82, 2.24) is 0 Å². The van der Waals surface area contributed by atoms with Crippen molar-refractivity contribution in [2.24, 2.45) is 0 Å². The lowest BCUT2D eigenvalue weighted by atomic mass is 10.0. The zero-order valence-electron chi connectivity index (χ0n) is 14.8. The highest BCUT2D eigenvalue weighted by Gasteiger charge is 2.51. The predicted molar refractivity (Wildman–Crippen MR) is 102 cm³/mol. The maximum absolute atomic E-state index is 10.8. The van der Waals surface area contributed by atoms with Crippen molar-refractivity contribution in [2.75, 3.05) is 13.2 Å². The second kappa shape index (κ2) is 7.89. The van der Waals surface area contributed by atoms with Gasteiger partial charge in [0.05, 0.1) is 13.2 Å². The first-order chi connectivity index (χ1) is 13.4. The van der Waals surface area contributed by atoms with Crippen LogP contribution in [0.5, 0.6) is 0 Å². The van der Waals surface area contributed by atoms with Crippen LogP contribution in [0.15, 0.2) is 60.7 Å². The van der Waals surface area contributed by atoms with Gasteiger partial charge in [-0.3, -0.25) is 0 Å². The Labute approximate surface area is 172 Å². The van der Waals surface area contributed by atoms with Crippen LogP contribution in [0.2, 0.25) is 0 Å². The molecule has 0 saturated carbocycles. The lowest BCUT2D eigenvalue weighted by molar-refractivity contribution is -0.308. The zero-order chi connectivity index (χ0) is 19.8. The highest BCUT2D eigenvalue weighted by molar-refractivity contribution is 6.22. The van der Waals surface area contributed by atoms with Gasteiger partial charge in [-0.05, 0) is 0 Å². The van der Waals surface area contributed by atoms with Crippen molar-refractivity contribution in [2.45, 2.75) is 34.9 Å². The molecule has 2 aromatic rings. The van der Waals surface area contributed by atoms with Gasteiger partial charge in [0.1, 0.15) is 24.4 Å². The van der Waals surface area contributed by atoms with Crippen molar-refractivity contribution in [1.29, 1.82) is 0 Å². The monoisotopic (exact) mass is 426 g/mol. The van der Waals surface area contributed by atoms with E-state index in [-0.39, 0.29) is 13.2 Å². The Morgan fingerprint density at radius 1 is 0.821 bits per heavy atom. The van der Waals surface area contributed by atoms with E-state index in [0.29, 0.717) is 11.1 Å². The van der Waals surface area contributed by atoms with Gasteiger partial charge in [0.15, 0.2) is 0 Å². The molecule has 2 aliphatic rings. The first-order valence-corrected chi connectivity index (χ1v) is 9.65. The van der Waals surface area contributed by atoms with Crippen LogP contribution >= 0.6 is 23.2 Å². The fourth-order valence-corrected chi connectivity index (χ4v) is 3.88. The van der Waals surface area contributed by atoms with Gasteiger partial charge in [0, 0.05) is 11.1 Å². The molecule has 0 bridgehead atoms. The average Bonchev–Trinajstić information content (AvgIpc) is 3.14. The number of aliphatic hydroxyl groups excluding tert-OH is 2. The lowest BCUT2D eigenvalue weighted by Gasteiger charge is -2.42. The topological polar surface area (TPSA) is 77.4 Å². The van der Waals surface area contributed by atoms with Crippen molar-refractivity contribution in [3.8, 4) is 0 Å². The summed E-state index contributed by atoms with van der Waals surface area (Å²) >= 11 is 13.0. The molecule has 8 heteroatoms. The number of benzene rings is 2. The summed E-state index contributed by atoms with van der Waals surface area (Å²) in [5.41, 5.74) is 1.16. The van der Waals surface area contributed by atoms with Gasteiger partial charge in [-0.15, -0.1) is 0 Å². The van der Waals surface area contributed by atoms with E-state index in [0.717, 1.165) is 0 Å². The normalized spacial score (nSPS) is 36.9. The molecule has 28 heavy (non-hydrogen) atoms. The molecule has 0 aromatic heterocycles. The molecular weight excluding hydrogens is 407 g/mol. The van der Waals surface area contributed by atoms with Crippen LogP contribution in [0, 0.1) is 0 Å². The van der Waals surface area contributed by atoms with Gasteiger partial charge >= 0.3 is 0 Å². The van der Waals surface area contributed by atoms with Gasteiger partial charge in [-0.25, -0.2) is 0 Å². The van der Waals surface area contributed by atoms with Crippen molar-refractivity contribution < 1.29 is 29.2 Å². The predicted octanol–water partition coefficient (Wildman–Crippen LogP) is 2.64. The van der Waals surface area contributed by atoms with Gasteiger partial charge < -0.3 is 29.2 Å². The van der Waals surface area contributed by atoms with Crippen LogP contribution in [0.3, 0.4) is 0 Å². The smallest absolute Gasteiger partial charge is 0.276 e. The van der Waals surface area contributed by atoms with Crippen LogP contribution in [0.4, 0.5) is 0 Å². The molecule has 4 rings (SSSR count). The summed E-state index contributed by atoms with van der Waals surface area (Å²) in [7, 11) is 0. The van der Waals surface area contributed by atoms with E-state index in [1.807, 2.05) is 24.3 Å². The Hall–Kier alpha value is -1.22. The van der Waals surface area contributed by atoms with Gasteiger partial charge in [-0.2, -0.15) is 0 Å². The number of aliphatic hydroxyl groups is 2. The number of ether oxygens (including phenoxy) is 4. The van der Waals surface area contributed by atoms with E-state index in [1.165, 1.54) is 0 Å². The summed E-state index contributed by atoms with van der Waals surface area (Å²) < 4.78 is 22.7. The Balaban J connectivity index is 1.50. The third-order valence-electron chi connectivity index (χ3n) is 4.80. The highest BCUT2D eigenvalue weighted by Crippen LogP contribution is 2.42. The van der Waals surface area contributed by atoms with Crippen LogP contribution in [-0.2, 0) is 29.4 Å². The SMILES string of the molecule is O[C@@H]([C@@H]1OC(Cl)(c2ccccc2)OC[C@@H]1O)[C@H]1COC(Cl)(c2ccccc2)O1. The minimum atomic E-state index is -1.62. The largest absolute Gasteiger partial charge is 0.388 e.